The van der Waals surface area contributed by atoms with Crippen molar-refractivity contribution in [2.24, 2.45) is 0 Å². The van der Waals surface area contributed by atoms with Gasteiger partial charge in [0.1, 0.15) is 0 Å². The van der Waals surface area contributed by atoms with Gasteiger partial charge in [-0.1, -0.05) is 157 Å². The van der Waals surface area contributed by atoms with Gasteiger partial charge >= 0.3 is 0 Å². The molecule has 0 N–H and O–H groups in total. The maximum absolute atomic E-state index is 9.64. The molecule has 0 atom stereocenters. The van der Waals surface area contributed by atoms with E-state index in [-0.39, 0.29) is 0 Å². The fourth-order valence-electron chi connectivity index (χ4n) is 8.79. The van der Waals surface area contributed by atoms with Crippen molar-refractivity contribution in [3.8, 4) is 62.5 Å². The van der Waals surface area contributed by atoms with Crippen LogP contribution < -0.4 is 0 Å². The van der Waals surface area contributed by atoms with Crippen LogP contribution in [0.15, 0.2) is 192 Å². The maximum Gasteiger partial charge on any atom is 0.164 e. The van der Waals surface area contributed by atoms with Crippen molar-refractivity contribution < 1.29 is 0 Å². The van der Waals surface area contributed by atoms with Gasteiger partial charge in [-0.05, 0) is 91.7 Å². The first-order chi connectivity index (χ1) is 27.7. The van der Waals surface area contributed by atoms with Crippen molar-refractivity contribution in [2.75, 3.05) is 0 Å². The van der Waals surface area contributed by atoms with Gasteiger partial charge in [-0.15, -0.1) is 0 Å². The van der Waals surface area contributed by atoms with Crippen LogP contribution in [0.5, 0.6) is 0 Å². The SMILES string of the molecule is N#Cc1ccc(-c2cc3c(c4ccccc24)-c2ccc(-c4nc(-c5ccccc5)nc(-c5ccccc5)n4)cc2C32c3ccccc3Sc3ccccc32)cc1. The number of benzene rings is 8. The molecule has 260 valence electrons. The monoisotopic (exact) mass is 730 g/mol. The molecule has 5 heteroatoms. The first-order valence-electron chi connectivity index (χ1n) is 18.7. The highest BCUT2D eigenvalue weighted by Gasteiger charge is 2.51. The van der Waals surface area contributed by atoms with E-state index in [1.807, 2.05) is 84.6 Å². The standard InChI is InChI=1S/C51H30N4S/c52-31-32-23-25-33(26-24-32)40-30-44-47(38-18-8-7-17-37(38)40)39-28-27-36(29-43(39)51(44)41-19-9-11-21-45(41)56-46-22-12-10-20-42(46)51)50-54-48(34-13-3-1-4-14-34)53-49(55-50)35-15-5-2-6-16-35/h1-30H. The molecule has 2 heterocycles. The molecular formula is C51H30N4S. The molecule has 2 aliphatic rings. The highest BCUT2D eigenvalue weighted by atomic mass is 32.2. The fraction of sp³-hybridized carbons (Fsp3) is 0.0196. The second-order valence-corrected chi connectivity index (χ2v) is 15.3. The third-order valence-electron chi connectivity index (χ3n) is 11.2. The summed E-state index contributed by atoms with van der Waals surface area (Å²) in [7, 11) is 0. The Labute approximate surface area is 328 Å². The minimum Gasteiger partial charge on any atom is -0.208 e. The lowest BCUT2D eigenvalue weighted by Crippen LogP contribution is -2.32. The van der Waals surface area contributed by atoms with E-state index in [4.69, 9.17) is 15.0 Å². The summed E-state index contributed by atoms with van der Waals surface area (Å²) in [5.41, 5.74) is 12.4. The highest BCUT2D eigenvalue weighted by molar-refractivity contribution is 7.99. The van der Waals surface area contributed by atoms with Gasteiger partial charge in [0.15, 0.2) is 17.5 Å². The first kappa shape index (κ1) is 32.3. The van der Waals surface area contributed by atoms with Gasteiger partial charge in [0.2, 0.25) is 0 Å². The van der Waals surface area contributed by atoms with Crippen LogP contribution in [0, 0.1) is 11.3 Å². The Morgan fingerprint density at radius 1 is 0.411 bits per heavy atom. The Morgan fingerprint density at radius 2 is 0.929 bits per heavy atom. The van der Waals surface area contributed by atoms with Crippen molar-refractivity contribution in [3.05, 3.63) is 210 Å². The van der Waals surface area contributed by atoms with Crippen LogP contribution in [-0.2, 0) is 5.41 Å². The number of nitrogens with zero attached hydrogens (tertiary/aromatic N) is 4. The molecular weight excluding hydrogens is 701 g/mol. The van der Waals surface area contributed by atoms with Gasteiger partial charge in [-0.25, -0.2) is 15.0 Å². The maximum atomic E-state index is 9.64. The van der Waals surface area contributed by atoms with E-state index in [1.165, 1.54) is 53.9 Å². The third-order valence-corrected chi connectivity index (χ3v) is 12.4. The van der Waals surface area contributed by atoms with Gasteiger partial charge in [0, 0.05) is 26.5 Å². The van der Waals surface area contributed by atoms with Crippen LogP contribution in [-0.4, -0.2) is 15.0 Å². The van der Waals surface area contributed by atoms with Crippen molar-refractivity contribution in [1.29, 1.82) is 5.26 Å². The van der Waals surface area contributed by atoms with Crippen molar-refractivity contribution in [1.82, 2.24) is 15.0 Å². The topological polar surface area (TPSA) is 62.5 Å². The molecule has 56 heavy (non-hydrogen) atoms. The lowest BCUT2D eigenvalue weighted by atomic mass is 9.66. The molecule has 0 saturated heterocycles. The van der Waals surface area contributed by atoms with Gasteiger partial charge in [-0.2, -0.15) is 5.26 Å². The zero-order valence-corrected chi connectivity index (χ0v) is 30.8. The molecule has 0 unspecified atom stereocenters. The zero-order chi connectivity index (χ0) is 37.2. The smallest absolute Gasteiger partial charge is 0.164 e. The number of hydrogen-bond donors (Lipinski definition) is 0. The molecule has 4 nitrogen and oxygen atoms in total. The van der Waals surface area contributed by atoms with Crippen LogP contribution in [0.3, 0.4) is 0 Å². The number of nitriles is 1. The van der Waals surface area contributed by atoms with Crippen LogP contribution >= 0.6 is 11.8 Å². The average molecular weight is 731 g/mol. The second-order valence-electron chi connectivity index (χ2n) is 14.2. The van der Waals surface area contributed by atoms with Gasteiger partial charge < -0.3 is 0 Å². The summed E-state index contributed by atoms with van der Waals surface area (Å²) in [5.74, 6) is 1.90. The van der Waals surface area contributed by atoms with E-state index in [9.17, 15) is 5.26 Å². The molecule has 1 aliphatic heterocycles. The molecule has 8 aromatic carbocycles. The molecule has 1 aliphatic carbocycles. The van der Waals surface area contributed by atoms with Crippen LogP contribution in [0.1, 0.15) is 27.8 Å². The normalized spacial score (nSPS) is 13.1. The first-order valence-corrected chi connectivity index (χ1v) is 19.5. The van der Waals surface area contributed by atoms with Crippen LogP contribution in [0.4, 0.5) is 0 Å². The Morgan fingerprint density at radius 3 is 1.54 bits per heavy atom. The predicted octanol–water partition coefficient (Wildman–Crippen LogP) is 12.4. The second kappa shape index (κ2) is 12.7. The van der Waals surface area contributed by atoms with Crippen LogP contribution in [0.2, 0.25) is 0 Å². The summed E-state index contributed by atoms with van der Waals surface area (Å²) in [6.45, 7) is 0. The largest absolute Gasteiger partial charge is 0.208 e. The van der Waals surface area contributed by atoms with Gasteiger partial charge in [-0.3, -0.25) is 0 Å². The summed E-state index contributed by atoms with van der Waals surface area (Å²) in [5, 5.41) is 12.0. The summed E-state index contributed by atoms with van der Waals surface area (Å²) in [4.78, 5) is 17.8. The number of aromatic nitrogens is 3. The Bertz CT molecular complexity index is 2960. The summed E-state index contributed by atoms with van der Waals surface area (Å²) < 4.78 is 0. The van der Waals surface area contributed by atoms with Crippen molar-refractivity contribution >= 4 is 22.5 Å². The molecule has 0 radical (unpaired) electrons. The van der Waals surface area contributed by atoms with Gasteiger partial charge in [0.05, 0.1) is 17.0 Å². The van der Waals surface area contributed by atoms with Gasteiger partial charge in [0.25, 0.3) is 0 Å². The predicted molar refractivity (Wildman–Crippen MR) is 225 cm³/mol. The molecule has 9 aromatic rings. The number of hydrogen-bond acceptors (Lipinski definition) is 5. The Balaban J connectivity index is 1.24. The minimum atomic E-state index is -0.637. The molecule has 11 rings (SSSR count). The molecule has 1 spiro atoms. The zero-order valence-electron chi connectivity index (χ0n) is 30.0. The fourth-order valence-corrected chi connectivity index (χ4v) is 9.99. The summed E-state index contributed by atoms with van der Waals surface area (Å²) in [6.07, 6.45) is 0. The molecule has 0 bridgehead atoms. The van der Waals surface area contributed by atoms with E-state index in [2.05, 4.69) is 115 Å². The number of fused-ring (bicyclic) bond motifs is 11. The average Bonchev–Trinajstić information content (AvgIpc) is 3.56. The Kier molecular flexibility index (Phi) is 7.35. The molecule has 0 saturated carbocycles. The quantitative estimate of drug-likeness (QED) is 0.180. The Hall–Kier alpha value is -7.13. The summed E-state index contributed by atoms with van der Waals surface area (Å²) >= 11 is 1.84. The highest BCUT2D eigenvalue weighted by Crippen LogP contribution is 2.64. The minimum absolute atomic E-state index is 0.626. The van der Waals surface area contributed by atoms with E-state index in [0.717, 1.165) is 27.8 Å². The molecule has 1 aromatic heterocycles. The number of rotatable bonds is 4. The van der Waals surface area contributed by atoms with E-state index < -0.39 is 5.41 Å². The third kappa shape index (κ3) is 4.83. The lowest BCUT2D eigenvalue weighted by Gasteiger charge is -2.40. The van der Waals surface area contributed by atoms with E-state index in [1.54, 1.807) is 0 Å². The van der Waals surface area contributed by atoms with Crippen molar-refractivity contribution in [3.63, 3.8) is 0 Å². The van der Waals surface area contributed by atoms with E-state index in [0.29, 0.717) is 23.0 Å². The van der Waals surface area contributed by atoms with Crippen molar-refractivity contribution in [2.45, 2.75) is 15.2 Å². The lowest BCUT2D eigenvalue weighted by molar-refractivity contribution is 0.723. The van der Waals surface area contributed by atoms with E-state index >= 15 is 0 Å². The van der Waals surface area contributed by atoms with Crippen LogP contribution in [0.25, 0.3) is 67.2 Å². The summed E-state index contributed by atoms with van der Waals surface area (Å²) in [6, 6.07) is 66.3. The molecule has 0 fully saturated rings. The molecule has 0 amide bonds.